The van der Waals surface area contributed by atoms with Crippen molar-refractivity contribution in [2.75, 3.05) is 26.4 Å². The summed E-state index contributed by atoms with van der Waals surface area (Å²) in [5.41, 5.74) is 6.44. The van der Waals surface area contributed by atoms with Gasteiger partial charge in [-0.05, 0) is 7.05 Å². The molecule has 7 heteroatoms. The van der Waals surface area contributed by atoms with Crippen LogP contribution in [0.5, 0.6) is 0 Å². The van der Waals surface area contributed by atoms with Crippen LogP contribution < -0.4 is 11.1 Å². The van der Waals surface area contributed by atoms with Gasteiger partial charge in [0.05, 0.1) is 0 Å². The van der Waals surface area contributed by atoms with E-state index in [0.717, 1.165) is 5.69 Å². The van der Waals surface area contributed by atoms with Crippen LogP contribution in [0.4, 0.5) is 5.00 Å². The van der Waals surface area contributed by atoms with E-state index in [0.29, 0.717) is 24.5 Å². The quantitative estimate of drug-likeness (QED) is 0.723. The molecule has 0 spiro atoms. The lowest BCUT2D eigenvalue weighted by Gasteiger charge is -2.14. The molecule has 1 aromatic rings. The lowest BCUT2D eigenvalue weighted by atomic mass is 10.3. The minimum atomic E-state index is 0.0335. The van der Waals surface area contributed by atoms with Crippen LogP contribution in [-0.4, -0.2) is 41.0 Å². The summed E-state index contributed by atoms with van der Waals surface area (Å²) in [6.45, 7) is 1.30. The van der Waals surface area contributed by atoms with E-state index in [1.54, 1.807) is 7.05 Å². The Bertz CT molecular complexity index is 327. The second-order valence-electron chi connectivity index (χ2n) is 3.24. The number of hydrogen-bond donors (Lipinski definition) is 2. The van der Waals surface area contributed by atoms with E-state index in [1.165, 1.54) is 11.5 Å². The molecule has 0 saturated heterocycles. The molecule has 1 amide bonds. The van der Waals surface area contributed by atoms with Crippen LogP contribution in [-0.2, 0) is 11.3 Å². The largest absolute Gasteiger partial charge is 0.388 e. The van der Waals surface area contributed by atoms with Crippen molar-refractivity contribution in [2.24, 2.45) is 0 Å². The van der Waals surface area contributed by atoms with E-state index in [2.05, 4.69) is 14.9 Å². The van der Waals surface area contributed by atoms with Crippen LogP contribution in [0.3, 0.4) is 0 Å². The smallest absolute Gasteiger partial charge is 0.221 e. The molecular weight excluding hydrogens is 214 g/mol. The number of carbonyl (C=O) groups is 1. The normalized spacial score (nSPS) is 10.6. The summed E-state index contributed by atoms with van der Waals surface area (Å²) in [5, 5.41) is 7.12. The lowest BCUT2D eigenvalue weighted by molar-refractivity contribution is -0.120. The van der Waals surface area contributed by atoms with Crippen molar-refractivity contribution < 1.29 is 4.79 Å². The van der Waals surface area contributed by atoms with Crippen molar-refractivity contribution in [1.82, 2.24) is 19.8 Å². The number of anilines is 1. The van der Waals surface area contributed by atoms with Gasteiger partial charge >= 0.3 is 0 Å². The second kappa shape index (κ2) is 5.62. The first kappa shape index (κ1) is 11.9. The minimum absolute atomic E-state index is 0.0335. The molecule has 0 saturated carbocycles. The first-order chi connectivity index (χ1) is 7.13. The topological polar surface area (TPSA) is 84.1 Å². The molecule has 0 bridgehead atoms. The molecule has 0 fully saturated rings. The maximum Gasteiger partial charge on any atom is 0.221 e. The Balaban J connectivity index is 2.33. The Labute approximate surface area is 92.6 Å². The molecule has 0 atom stereocenters. The molecule has 0 unspecified atom stereocenters. The zero-order chi connectivity index (χ0) is 11.3. The standard InChI is InChI=1S/C8H15N5OS/c1-10-7(14)3-4-13(2)5-6-8(9)15-12-11-6/h3-5,9H2,1-2H3,(H,10,14). The predicted molar refractivity (Wildman–Crippen MR) is 59.3 cm³/mol. The summed E-state index contributed by atoms with van der Waals surface area (Å²) in [4.78, 5) is 13.0. The van der Waals surface area contributed by atoms with Gasteiger partial charge in [-0.25, -0.2) is 0 Å². The van der Waals surface area contributed by atoms with Crippen molar-refractivity contribution in [2.45, 2.75) is 13.0 Å². The minimum Gasteiger partial charge on any atom is -0.388 e. The van der Waals surface area contributed by atoms with Crippen LogP contribution in [0, 0.1) is 0 Å². The van der Waals surface area contributed by atoms with Crippen molar-refractivity contribution in [3.05, 3.63) is 5.69 Å². The van der Waals surface area contributed by atoms with Crippen LogP contribution >= 0.6 is 11.5 Å². The van der Waals surface area contributed by atoms with Gasteiger partial charge in [-0.3, -0.25) is 9.69 Å². The third-order valence-electron chi connectivity index (χ3n) is 2.00. The summed E-state index contributed by atoms with van der Waals surface area (Å²) in [6, 6.07) is 0. The number of hydrogen-bond acceptors (Lipinski definition) is 6. The van der Waals surface area contributed by atoms with Crippen molar-refractivity contribution in [3.63, 3.8) is 0 Å². The van der Waals surface area contributed by atoms with Crippen molar-refractivity contribution in [1.29, 1.82) is 0 Å². The molecule has 1 heterocycles. The Hall–Kier alpha value is -1.21. The van der Waals surface area contributed by atoms with E-state index in [9.17, 15) is 4.79 Å². The molecule has 6 nitrogen and oxygen atoms in total. The third-order valence-corrected chi connectivity index (χ3v) is 2.60. The molecule has 0 aliphatic heterocycles. The summed E-state index contributed by atoms with van der Waals surface area (Å²) in [6.07, 6.45) is 0.477. The number of amides is 1. The number of carbonyl (C=O) groups excluding carboxylic acids is 1. The maximum atomic E-state index is 11.0. The first-order valence-corrected chi connectivity index (χ1v) is 5.36. The van der Waals surface area contributed by atoms with E-state index < -0.39 is 0 Å². The highest BCUT2D eigenvalue weighted by atomic mass is 32.1. The first-order valence-electron chi connectivity index (χ1n) is 4.59. The molecule has 0 aliphatic carbocycles. The third kappa shape index (κ3) is 3.80. The summed E-state index contributed by atoms with van der Waals surface area (Å²) >= 11 is 1.19. The van der Waals surface area contributed by atoms with Gasteiger partial charge in [-0.1, -0.05) is 4.49 Å². The number of nitrogen functional groups attached to an aromatic ring is 1. The Morgan fingerprint density at radius 2 is 2.40 bits per heavy atom. The highest BCUT2D eigenvalue weighted by Gasteiger charge is 2.08. The highest BCUT2D eigenvalue weighted by molar-refractivity contribution is 7.09. The number of rotatable bonds is 5. The molecule has 3 N–H and O–H groups in total. The highest BCUT2D eigenvalue weighted by Crippen LogP contribution is 2.13. The van der Waals surface area contributed by atoms with Gasteiger partial charge in [0.1, 0.15) is 10.7 Å². The van der Waals surface area contributed by atoms with E-state index in [1.807, 2.05) is 11.9 Å². The number of nitrogens with two attached hydrogens (primary N) is 1. The Morgan fingerprint density at radius 3 is 2.93 bits per heavy atom. The number of nitrogens with one attached hydrogen (secondary N) is 1. The maximum absolute atomic E-state index is 11.0. The van der Waals surface area contributed by atoms with Gasteiger partial charge in [-0.15, -0.1) is 5.10 Å². The fraction of sp³-hybridized carbons (Fsp3) is 0.625. The average Bonchev–Trinajstić information content (AvgIpc) is 2.61. The second-order valence-corrected chi connectivity index (χ2v) is 4.03. The van der Waals surface area contributed by atoms with E-state index in [4.69, 9.17) is 5.73 Å². The van der Waals surface area contributed by atoms with Crippen molar-refractivity contribution in [3.8, 4) is 0 Å². The molecule has 0 radical (unpaired) electrons. The lowest BCUT2D eigenvalue weighted by Crippen LogP contribution is -2.26. The van der Waals surface area contributed by atoms with Crippen LogP contribution in [0.2, 0.25) is 0 Å². The van der Waals surface area contributed by atoms with Gasteiger partial charge in [0.2, 0.25) is 5.91 Å². The summed E-state index contributed by atoms with van der Waals surface area (Å²) in [5.74, 6) is 0.0335. The van der Waals surface area contributed by atoms with Crippen LogP contribution in [0.15, 0.2) is 0 Å². The van der Waals surface area contributed by atoms with Gasteiger partial charge < -0.3 is 11.1 Å². The SMILES string of the molecule is CNC(=O)CCN(C)Cc1nnsc1N. The molecule has 1 aromatic heterocycles. The number of aromatic nitrogens is 2. The molecule has 1 rings (SSSR count). The zero-order valence-electron chi connectivity index (χ0n) is 8.86. The van der Waals surface area contributed by atoms with Crippen LogP contribution in [0.1, 0.15) is 12.1 Å². The molecule has 15 heavy (non-hydrogen) atoms. The molecule has 0 aliphatic rings. The molecular formula is C8H15N5OS. The van der Waals surface area contributed by atoms with Gasteiger partial charge in [0, 0.05) is 38.1 Å². The molecule has 0 aromatic carbocycles. The Morgan fingerprint density at radius 1 is 1.67 bits per heavy atom. The zero-order valence-corrected chi connectivity index (χ0v) is 9.67. The van der Waals surface area contributed by atoms with E-state index >= 15 is 0 Å². The summed E-state index contributed by atoms with van der Waals surface area (Å²) < 4.78 is 3.75. The Kier molecular flexibility index (Phi) is 4.44. The predicted octanol–water partition coefficient (Wildman–Crippen LogP) is -0.312. The average molecular weight is 229 g/mol. The number of nitrogens with zero attached hydrogens (tertiary/aromatic N) is 3. The fourth-order valence-corrected chi connectivity index (χ4v) is 1.52. The summed E-state index contributed by atoms with van der Waals surface area (Å²) in [7, 11) is 3.55. The molecule has 84 valence electrons. The van der Waals surface area contributed by atoms with Crippen LogP contribution in [0.25, 0.3) is 0 Å². The van der Waals surface area contributed by atoms with Gasteiger partial charge in [-0.2, -0.15) is 0 Å². The van der Waals surface area contributed by atoms with Gasteiger partial charge in [0.25, 0.3) is 0 Å². The van der Waals surface area contributed by atoms with Gasteiger partial charge in [0.15, 0.2) is 0 Å². The van der Waals surface area contributed by atoms with E-state index in [-0.39, 0.29) is 5.91 Å². The fourth-order valence-electron chi connectivity index (χ4n) is 1.08. The van der Waals surface area contributed by atoms with Crippen molar-refractivity contribution >= 4 is 22.4 Å². The monoisotopic (exact) mass is 229 g/mol.